The van der Waals surface area contributed by atoms with Crippen molar-refractivity contribution in [3.05, 3.63) is 53.6 Å². The highest BCUT2D eigenvalue weighted by atomic mass is 16.6. The number of benzene rings is 2. The molecular weight excluding hydrogens is 250 g/mol. The third-order valence-corrected chi connectivity index (χ3v) is 3.58. The van der Waals surface area contributed by atoms with E-state index in [1.807, 2.05) is 18.2 Å². The third-order valence-electron chi connectivity index (χ3n) is 3.58. The molecular formula is C17H19NO2. The lowest BCUT2D eigenvalue weighted by molar-refractivity contribution is 0.171. The average molecular weight is 269 g/mol. The number of aryl methyl sites for hydroxylation is 1. The van der Waals surface area contributed by atoms with Gasteiger partial charge in [-0.1, -0.05) is 24.3 Å². The summed E-state index contributed by atoms with van der Waals surface area (Å²) < 4.78 is 11.1. The molecule has 1 aliphatic rings. The van der Waals surface area contributed by atoms with E-state index in [-0.39, 0.29) is 6.04 Å². The summed E-state index contributed by atoms with van der Waals surface area (Å²) in [7, 11) is 0. The molecule has 0 fully saturated rings. The predicted octanol–water partition coefficient (Wildman–Crippen LogP) is 3.94. The van der Waals surface area contributed by atoms with Gasteiger partial charge in [0, 0.05) is 17.8 Å². The molecule has 0 aliphatic carbocycles. The van der Waals surface area contributed by atoms with Crippen molar-refractivity contribution in [2.75, 3.05) is 18.5 Å². The van der Waals surface area contributed by atoms with Gasteiger partial charge < -0.3 is 14.8 Å². The molecule has 2 aromatic carbocycles. The Morgan fingerprint density at radius 3 is 2.55 bits per heavy atom. The van der Waals surface area contributed by atoms with Crippen molar-refractivity contribution in [2.24, 2.45) is 0 Å². The first-order valence-electron chi connectivity index (χ1n) is 6.96. The molecule has 0 radical (unpaired) electrons. The fourth-order valence-corrected chi connectivity index (χ4v) is 2.53. The van der Waals surface area contributed by atoms with Gasteiger partial charge in [-0.25, -0.2) is 0 Å². The highest BCUT2D eigenvalue weighted by molar-refractivity contribution is 5.56. The van der Waals surface area contributed by atoms with E-state index in [0.717, 1.165) is 17.2 Å². The molecule has 0 spiro atoms. The maximum Gasteiger partial charge on any atom is 0.163 e. The van der Waals surface area contributed by atoms with Crippen LogP contribution >= 0.6 is 0 Å². The van der Waals surface area contributed by atoms with E-state index in [1.54, 1.807) is 0 Å². The summed E-state index contributed by atoms with van der Waals surface area (Å²) in [6.07, 6.45) is 0. The molecule has 3 heteroatoms. The van der Waals surface area contributed by atoms with E-state index >= 15 is 0 Å². The van der Waals surface area contributed by atoms with Crippen LogP contribution in [-0.4, -0.2) is 13.2 Å². The lowest BCUT2D eigenvalue weighted by Crippen LogP contribution is -2.15. The fourth-order valence-electron chi connectivity index (χ4n) is 2.53. The average Bonchev–Trinajstić information content (AvgIpc) is 2.47. The second-order valence-corrected chi connectivity index (χ2v) is 5.08. The summed E-state index contributed by atoms with van der Waals surface area (Å²) in [5.41, 5.74) is 3.65. The number of hydrogen-bond acceptors (Lipinski definition) is 3. The lowest BCUT2D eigenvalue weighted by Gasteiger charge is -2.21. The van der Waals surface area contributed by atoms with E-state index in [1.165, 1.54) is 11.1 Å². The van der Waals surface area contributed by atoms with Gasteiger partial charge in [-0.15, -0.1) is 0 Å². The van der Waals surface area contributed by atoms with E-state index in [2.05, 4.69) is 43.4 Å². The Kier molecular flexibility index (Phi) is 3.50. The number of anilines is 1. The minimum atomic E-state index is 0.249. The van der Waals surface area contributed by atoms with Gasteiger partial charge in [0.1, 0.15) is 13.2 Å². The van der Waals surface area contributed by atoms with Crippen LogP contribution in [0.5, 0.6) is 11.5 Å². The largest absolute Gasteiger partial charge is 0.486 e. The molecule has 1 aliphatic heterocycles. The highest BCUT2D eigenvalue weighted by Gasteiger charge is 2.13. The predicted molar refractivity (Wildman–Crippen MR) is 80.6 cm³/mol. The van der Waals surface area contributed by atoms with Gasteiger partial charge in [0.25, 0.3) is 0 Å². The van der Waals surface area contributed by atoms with Gasteiger partial charge in [0.2, 0.25) is 0 Å². The van der Waals surface area contributed by atoms with Crippen molar-refractivity contribution in [3.8, 4) is 11.5 Å². The Bertz CT molecular complexity index is 610. The molecule has 3 nitrogen and oxygen atoms in total. The van der Waals surface area contributed by atoms with Crippen molar-refractivity contribution < 1.29 is 9.47 Å². The van der Waals surface area contributed by atoms with Gasteiger partial charge in [0.05, 0.1) is 0 Å². The molecule has 1 atom stereocenters. The van der Waals surface area contributed by atoms with E-state index in [0.29, 0.717) is 13.2 Å². The van der Waals surface area contributed by atoms with Crippen molar-refractivity contribution in [3.63, 3.8) is 0 Å². The molecule has 1 N–H and O–H groups in total. The van der Waals surface area contributed by atoms with Gasteiger partial charge >= 0.3 is 0 Å². The second kappa shape index (κ2) is 5.45. The molecule has 2 aromatic rings. The van der Waals surface area contributed by atoms with Crippen LogP contribution in [0.25, 0.3) is 0 Å². The molecule has 0 saturated heterocycles. The molecule has 0 amide bonds. The van der Waals surface area contributed by atoms with Crippen molar-refractivity contribution in [1.29, 1.82) is 0 Å². The summed E-state index contributed by atoms with van der Waals surface area (Å²) in [5, 5.41) is 3.51. The summed E-state index contributed by atoms with van der Waals surface area (Å²) in [5.74, 6) is 1.64. The zero-order valence-corrected chi connectivity index (χ0v) is 11.8. The van der Waals surface area contributed by atoms with Gasteiger partial charge in [-0.05, 0) is 37.1 Å². The quantitative estimate of drug-likeness (QED) is 0.915. The summed E-state index contributed by atoms with van der Waals surface area (Å²) in [4.78, 5) is 0. The minimum absolute atomic E-state index is 0.249. The Hall–Kier alpha value is -2.16. The Morgan fingerprint density at radius 2 is 1.75 bits per heavy atom. The second-order valence-electron chi connectivity index (χ2n) is 5.08. The molecule has 20 heavy (non-hydrogen) atoms. The number of fused-ring (bicyclic) bond motifs is 1. The molecule has 0 aromatic heterocycles. The van der Waals surface area contributed by atoms with Crippen LogP contribution in [0.1, 0.15) is 24.1 Å². The van der Waals surface area contributed by atoms with Crippen LogP contribution in [0.2, 0.25) is 0 Å². The maximum atomic E-state index is 5.61. The molecule has 0 bridgehead atoms. The highest BCUT2D eigenvalue weighted by Crippen LogP contribution is 2.33. The van der Waals surface area contributed by atoms with Crippen molar-refractivity contribution in [2.45, 2.75) is 19.9 Å². The van der Waals surface area contributed by atoms with E-state index in [9.17, 15) is 0 Å². The van der Waals surface area contributed by atoms with Crippen LogP contribution in [0.15, 0.2) is 42.5 Å². The molecule has 0 saturated carbocycles. The SMILES string of the molecule is Cc1ccccc1C(C)Nc1ccc2c(c1)OCCO2. The van der Waals surface area contributed by atoms with Crippen LogP contribution in [0.3, 0.4) is 0 Å². The Labute approximate surface area is 119 Å². The standard InChI is InChI=1S/C17H19NO2/c1-12-5-3-4-6-15(12)13(2)18-14-7-8-16-17(11-14)20-10-9-19-16/h3-8,11,13,18H,9-10H2,1-2H3. The summed E-state index contributed by atoms with van der Waals surface area (Å²) in [6.45, 7) is 5.54. The number of rotatable bonds is 3. The van der Waals surface area contributed by atoms with Gasteiger partial charge in [-0.2, -0.15) is 0 Å². The molecule has 1 heterocycles. The third kappa shape index (κ3) is 2.57. The van der Waals surface area contributed by atoms with Crippen LogP contribution in [0, 0.1) is 6.92 Å². The smallest absolute Gasteiger partial charge is 0.163 e. The first-order valence-corrected chi connectivity index (χ1v) is 6.96. The zero-order valence-electron chi connectivity index (χ0n) is 11.8. The maximum absolute atomic E-state index is 5.61. The summed E-state index contributed by atoms with van der Waals surface area (Å²) in [6, 6.07) is 14.7. The van der Waals surface area contributed by atoms with E-state index < -0.39 is 0 Å². The zero-order chi connectivity index (χ0) is 13.9. The van der Waals surface area contributed by atoms with Gasteiger partial charge in [-0.3, -0.25) is 0 Å². The Balaban J connectivity index is 1.79. The first-order chi connectivity index (χ1) is 9.74. The van der Waals surface area contributed by atoms with Crippen LogP contribution in [-0.2, 0) is 0 Å². The first kappa shape index (κ1) is 12.9. The molecule has 1 unspecified atom stereocenters. The van der Waals surface area contributed by atoms with Crippen molar-refractivity contribution in [1.82, 2.24) is 0 Å². The molecule has 3 rings (SSSR count). The summed E-state index contributed by atoms with van der Waals surface area (Å²) >= 11 is 0. The Morgan fingerprint density at radius 1 is 1.00 bits per heavy atom. The number of hydrogen-bond donors (Lipinski definition) is 1. The fraction of sp³-hybridized carbons (Fsp3) is 0.294. The lowest BCUT2D eigenvalue weighted by atomic mass is 10.0. The monoisotopic (exact) mass is 269 g/mol. The number of nitrogens with one attached hydrogen (secondary N) is 1. The number of ether oxygens (including phenoxy) is 2. The topological polar surface area (TPSA) is 30.5 Å². The van der Waals surface area contributed by atoms with Crippen molar-refractivity contribution >= 4 is 5.69 Å². The van der Waals surface area contributed by atoms with Gasteiger partial charge in [0.15, 0.2) is 11.5 Å². The molecule has 104 valence electrons. The van der Waals surface area contributed by atoms with E-state index in [4.69, 9.17) is 9.47 Å². The van der Waals surface area contributed by atoms with Crippen LogP contribution < -0.4 is 14.8 Å². The van der Waals surface area contributed by atoms with Crippen LogP contribution in [0.4, 0.5) is 5.69 Å². The normalized spacial score (nSPS) is 14.7. The minimum Gasteiger partial charge on any atom is -0.486 e.